The molecule has 3 aliphatic rings. The fraction of sp³-hybridized carbons (Fsp3) is 0.542. The van der Waals surface area contributed by atoms with E-state index in [1.807, 2.05) is 6.92 Å². The van der Waals surface area contributed by atoms with Gasteiger partial charge in [0, 0.05) is 36.9 Å². The Morgan fingerprint density at radius 2 is 1.87 bits per heavy atom. The van der Waals surface area contributed by atoms with Crippen LogP contribution < -0.4 is 4.90 Å². The summed E-state index contributed by atoms with van der Waals surface area (Å²) in [6.07, 6.45) is 5.41. The van der Waals surface area contributed by atoms with Crippen LogP contribution in [0.5, 0.6) is 0 Å². The number of hydrogen-bond donors (Lipinski definition) is 0. The Balaban J connectivity index is 1.47. The van der Waals surface area contributed by atoms with Crippen LogP contribution in [-0.4, -0.2) is 46.6 Å². The van der Waals surface area contributed by atoms with Gasteiger partial charge < -0.3 is 4.74 Å². The third-order valence-corrected chi connectivity index (χ3v) is 6.86. The minimum atomic E-state index is -0.274. The van der Waals surface area contributed by atoms with Crippen LogP contribution >= 0.6 is 0 Å². The van der Waals surface area contributed by atoms with E-state index >= 15 is 0 Å². The lowest BCUT2D eigenvalue weighted by Gasteiger charge is -2.36. The van der Waals surface area contributed by atoms with Crippen LogP contribution in [0, 0.1) is 12.7 Å². The second-order valence-corrected chi connectivity index (χ2v) is 8.82. The predicted molar refractivity (Wildman–Crippen MR) is 115 cm³/mol. The maximum atomic E-state index is 13.3. The maximum absolute atomic E-state index is 13.3. The summed E-state index contributed by atoms with van der Waals surface area (Å²) in [7, 11) is 0. The monoisotopic (exact) mass is 424 g/mol. The Kier molecular flexibility index (Phi) is 5.71. The van der Waals surface area contributed by atoms with Crippen molar-refractivity contribution >= 4 is 11.7 Å². The molecule has 164 valence electrons. The zero-order chi connectivity index (χ0) is 21.4. The normalized spacial score (nSPS) is 22.7. The van der Waals surface area contributed by atoms with Crippen molar-refractivity contribution in [1.29, 1.82) is 0 Å². The van der Waals surface area contributed by atoms with Crippen molar-refractivity contribution < 1.29 is 13.9 Å². The van der Waals surface area contributed by atoms with Gasteiger partial charge in [0.2, 0.25) is 5.91 Å². The molecule has 0 spiro atoms. The highest BCUT2D eigenvalue weighted by Gasteiger charge is 2.36. The number of aromatic nitrogens is 2. The first-order valence-electron chi connectivity index (χ1n) is 11.4. The van der Waals surface area contributed by atoms with Crippen molar-refractivity contribution in [3.05, 3.63) is 52.7 Å². The molecule has 0 aliphatic carbocycles. The molecule has 0 radical (unpaired) electrons. The van der Waals surface area contributed by atoms with Gasteiger partial charge in [-0.1, -0.05) is 12.1 Å². The second kappa shape index (κ2) is 8.63. The average Bonchev–Trinajstić information content (AvgIpc) is 3.28. The number of hydrogen-bond acceptors (Lipinski definition) is 5. The van der Waals surface area contributed by atoms with Crippen LogP contribution in [0.25, 0.3) is 0 Å². The van der Waals surface area contributed by atoms with E-state index in [1.165, 1.54) is 12.1 Å². The van der Waals surface area contributed by atoms with Crippen molar-refractivity contribution in [2.24, 2.45) is 0 Å². The maximum Gasteiger partial charge on any atom is 0.228 e. The first kappa shape index (κ1) is 20.5. The SMILES string of the molecule is Cc1nc([C@@H]2CCCN2C2CCOCC2)nc2c1CCC(=O)N2Cc1ccc(F)cc1. The molecule has 1 aromatic heterocycles. The summed E-state index contributed by atoms with van der Waals surface area (Å²) in [5.41, 5.74) is 2.92. The molecule has 3 aliphatic heterocycles. The number of halogens is 1. The minimum absolute atomic E-state index is 0.0635. The highest BCUT2D eigenvalue weighted by molar-refractivity contribution is 5.95. The van der Waals surface area contributed by atoms with E-state index in [0.29, 0.717) is 25.4 Å². The van der Waals surface area contributed by atoms with Crippen LogP contribution in [0.15, 0.2) is 24.3 Å². The van der Waals surface area contributed by atoms with E-state index in [2.05, 4.69) is 4.90 Å². The van der Waals surface area contributed by atoms with Gasteiger partial charge in [0.05, 0.1) is 12.6 Å². The van der Waals surface area contributed by atoms with Gasteiger partial charge in [-0.05, 0) is 63.3 Å². The quantitative estimate of drug-likeness (QED) is 0.749. The third-order valence-electron chi connectivity index (χ3n) is 6.86. The lowest BCUT2D eigenvalue weighted by atomic mass is 10.0. The molecular formula is C24H29FN4O2. The largest absolute Gasteiger partial charge is 0.381 e. The number of nitrogens with zero attached hydrogens (tertiary/aromatic N) is 4. The van der Waals surface area contributed by atoms with Gasteiger partial charge in [-0.3, -0.25) is 14.6 Å². The van der Waals surface area contributed by atoms with E-state index in [-0.39, 0.29) is 17.8 Å². The van der Waals surface area contributed by atoms with Crippen molar-refractivity contribution in [1.82, 2.24) is 14.9 Å². The molecule has 0 bridgehead atoms. The van der Waals surface area contributed by atoms with Crippen LogP contribution in [-0.2, 0) is 22.5 Å². The van der Waals surface area contributed by atoms with Gasteiger partial charge in [-0.15, -0.1) is 0 Å². The zero-order valence-electron chi connectivity index (χ0n) is 18.0. The summed E-state index contributed by atoms with van der Waals surface area (Å²) in [4.78, 5) is 27.1. The number of benzene rings is 1. The van der Waals surface area contributed by atoms with Gasteiger partial charge in [-0.2, -0.15) is 0 Å². The average molecular weight is 425 g/mol. The first-order valence-corrected chi connectivity index (χ1v) is 11.4. The van der Waals surface area contributed by atoms with E-state index in [9.17, 15) is 9.18 Å². The summed E-state index contributed by atoms with van der Waals surface area (Å²) in [5.74, 6) is 1.36. The smallest absolute Gasteiger partial charge is 0.228 e. The number of fused-ring (bicyclic) bond motifs is 1. The van der Waals surface area contributed by atoms with E-state index < -0.39 is 0 Å². The standard InChI is InChI=1S/C24H29FN4O2/c1-16-20-8-9-22(30)29(15-17-4-6-18(25)7-5-17)24(20)27-23(26-16)21-3-2-12-28(21)19-10-13-31-14-11-19/h4-7,19,21H,2-3,8-15H2,1H3/t21-/m0/s1. The molecular weight excluding hydrogens is 395 g/mol. The molecule has 2 aromatic rings. The second-order valence-electron chi connectivity index (χ2n) is 8.82. The Morgan fingerprint density at radius 3 is 2.65 bits per heavy atom. The van der Waals surface area contributed by atoms with Crippen LogP contribution in [0.2, 0.25) is 0 Å². The molecule has 5 rings (SSSR count). The Morgan fingerprint density at radius 1 is 1.10 bits per heavy atom. The number of carbonyl (C=O) groups excluding carboxylic acids is 1. The lowest BCUT2D eigenvalue weighted by molar-refractivity contribution is -0.119. The molecule has 6 nitrogen and oxygen atoms in total. The van der Waals surface area contributed by atoms with Crippen LogP contribution in [0.1, 0.15) is 60.8 Å². The van der Waals surface area contributed by atoms with Gasteiger partial charge >= 0.3 is 0 Å². The lowest BCUT2D eigenvalue weighted by Crippen LogP contribution is -2.40. The van der Waals surface area contributed by atoms with Gasteiger partial charge in [0.15, 0.2) is 0 Å². The molecule has 1 atom stereocenters. The first-order chi connectivity index (χ1) is 15.1. The van der Waals surface area contributed by atoms with Gasteiger partial charge in [0.25, 0.3) is 0 Å². The van der Waals surface area contributed by atoms with Crippen LogP contribution in [0.4, 0.5) is 10.2 Å². The Hall–Kier alpha value is -2.38. The number of carbonyl (C=O) groups is 1. The number of anilines is 1. The zero-order valence-corrected chi connectivity index (χ0v) is 18.0. The molecule has 1 aromatic carbocycles. The Bertz CT molecular complexity index is 959. The van der Waals surface area contributed by atoms with E-state index in [0.717, 1.165) is 73.9 Å². The molecule has 7 heteroatoms. The molecule has 2 fully saturated rings. The van der Waals surface area contributed by atoms with Crippen molar-refractivity contribution in [2.75, 3.05) is 24.7 Å². The highest BCUT2D eigenvalue weighted by atomic mass is 19.1. The minimum Gasteiger partial charge on any atom is -0.381 e. The molecule has 0 unspecified atom stereocenters. The van der Waals surface area contributed by atoms with Crippen molar-refractivity contribution in [2.45, 2.75) is 64.1 Å². The van der Waals surface area contributed by atoms with E-state index in [4.69, 9.17) is 14.7 Å². The number of ether oxygens (including phenoxy) is 1. The molecule has 4 heterocycles. The summed E-state index contributed by atoms with van der Waals surface area (Å²) < 4.78 is 18.9. The number of likely N-dealkylation sites (tertiary alicyclic amines) is 1. The van der Waals surface area contributed by atoms with E-state index in [1.54, 1.807) is 17.0 Å². The number of amides is 1. The molecule has 0 N–H and O–H groups in total. The highest BCUT2D eigenvalue weighted by Crippen LogP contribution is 2.37. The van der Waals surface area contributed by atoms with Gasteiger partial charge in [-0.25, -0.2) is 14.4 Å². The van der Waals surface area contributed by atoms with Crippen molar-refractivity contribution in [3.63, 3.8) is 0 Å². The molecule has 0 saturated carbocycles. The summed E-state index contributed by atoms with van der Waals surface area (Å²) in [5, 5.41) is 0. The summed E-state index contributed by atoms with van der Waals surface area (Å²) in [6, 6.07) is 7.04. The molecule has 31 heavy (non-hydrogen) atoms. The summed E-state index contributed by atoms with van der Waals surface area (Å²) in [6.45, 7) is 5.13. The fourth-order valence-corrected chi connectivity index (χ4v) is 5.21. The van der Waals surface area contributed by atoms with Crippen LogP contribution in [0.3, 0.4) is 0 Å². The number of rotatable bonds is 4. The molecule has 2 saturated heterocycles. The third kappa shape index (κ3) is 4.08. The summed E-state index contributed by atoms with van der Waals surface area (Å²) >= 11 is 0. The predicted octanol–water partition coefficient (Wildman–Crippen LogP) is 3.72. The van der Waals surface area contributed by atoms with Gasteiger partial charge in [0.1, 0.15) is 17.5 Å². The molecule has 1 amide bonds. The topological polar surface area (TPSA) is 58.6 Å². The Labute approximate surface area is 182 Å². The number of aryl methyl sites for hydroxylation is 1. The van der Waals surface area contributed by atoms with Crippen molar-refractivity contribution in [3.8, 4) is 0 Å². The fourth-order valence-electron chi connectivity index (χ4n) is 5.21.